The van der Waals surface area contributed by atoms with Gasteiger partial charge in [-0.2, -0.15) is 0 Å². The molecule has 0 saturated carbocycles. The van der Waals surface area contributed by atoms with E-state index in [0.29, 0.717) is 22.0 Å². The second kappa shape index (κ2) is 6.97. The van der Waals surface area contributed by atoms with Crippen LogP contribution in [0.1, 0.15) is 21.5 Å². The summed E-state index contributed by atoms with van der Waals surface area (Å²) in [4.78, 5) is 17.4. The van der Waals surface area contributed by atoms with Gasteiger partial charge < -0.3 is 4.74 Å². The van der Waals surface area contributed by atoms with E-state index in [9.17, 15) is 9.18 Å². The van der Waals surface area contributed by atoms with Crippen molar-refractivity contribution in [1.82, 2.24) is 4.98 Å². The number of rotatable bonds is 4. The molecule has 29 heavy (non-hydrogen) atoms. The summed E-state index contributed by atoms with van der Waals surface area (Å²) >= 11 is 1.31. The van der Waals surface area contributed by atoms with Crippen molar-refractivity contribution in [3.63, 3.8) is 0 Å². The van der Waals surface area contributed by atoms with Crippen LogP contribution < -0.4 is 10.1 Å². The Labute approximate surface area is 171 Å². The van der Waals surface area contributed by atoms with Crippen molar-refractivity contribution in [3.8, 4) is 17.0 Å². The minimum atomic E-state index is -0.448. The van der Waals surface area contributed by atoms with E-state index in [2.05, 4.69) is 16.4 Å². The van der Waals surface area contributed by atoms with Crippen LogP contribution in [-0.2, 0) is 12.8 Å². The maximum atomic E-state index is 14.0. The standard InChI is InChI=1S/C23H17FN2O2S/c1-28-20-10-8-15(11-18(20)24)19-12-29-23(25-19)26-22(27)17-9-7-14-6-5-13-3-2-4-16(17)21(13)14/h2-4,7-12H,5-6H2,1H3,(H,25,26,27). The van der Waals surface area contributed by atoms with Crippen LogP contribution in [0.3, 0.4) is 0 Å². The Hall–Kier alpha value is -3.25. The number of hydrogen-bond donors (Lipinski definition) is 1. The molecule has 4 aromatic rings. The number of carbonyl (C=O) groups excluding carboxylic acids is 1. The van der Waals surface area contributed by atoms with Gasteiger partial charge in [0.1, 0.15) is 0 Å². The van der Waals surface area contributed by atoms with Gasteiger partial charge in [0.15, 0.2) is 16.7 Å². The molecule has 0 fully saturated rings. The molecule has 0 radical (unpaired) electrons. The monoisotopic (exact) mass is 404 g/mol. The van der Waals surface area contributed by atoms with Crippen molar-refractivity contribution < 1.29 is 13.9 Å². The highest BCUT2D eigenvalue weighted by molar-refractivity contribution is 7.14. The Morgan fingerprint density at radius 1 is 1.14 bits per heavy atom. The number of benzene rings is 3. The van der Waals surface area contributed by atoms with Gasteiger partial charge >= 0.3 is 0 Å². The van der Waals surface area contributed by atoms with E-state index in [1.807, 2.05) is 24.3 Å². The number of ether oxygens (including phenoxy) is 1. The molecule has 1 amide bonds. The highest BCUT2D eigenvalue weighted by Gasteiger charge is 2.19. The molecule has 6 heteroatoms. The van der Waals surface area contributed by atoms with Crippen molar-refractivity contribution in [2.75, 3.05) is 12.4 Å². The van der Waals surface area contributed by atoms with Gasteiger partial charge in [-0.15, -0.1) is 11.3 Å². The number of halogens is 1. The number of aryl methyl sites for hydroxylation is 2. The Balaban J connectivity index is 1.43. The van der Waals surface area contributed by atoms with Crippen molar-refractivity contribution in [3.05, 3.63) is 76.4 Å². The third-order valence-corrected chi connectivity index (χ3v) is 6.05. The molecule has 0 spiro atoms. The van der Waals surface area contributed by atoms with Gasteiger partial charge in [0.05, 0.1) is 12.8 Å². The lowest BCUT2D eigenvalue weighted by Crippen LogP contribution is -2.12. The molecule has 1 heterocycles. The summed E-state index contributed by atoms with van der Waals surface area (Å²) in [5, 5.41) is 7.34. The Morgan fingerprint density at radius 2 is 1.97 bits per heavy atom. The molecule has 4 nitrogen and oxygen atoms in total. The van der Waals surface area contributed by atoms with Gasteiger partial charge in [-0.1, -0.05) is 24.3 Å². The minimum Gasteiger partial charge on any atom is -0.494 e. The lowest BCUT2D eigenvalue weighted by molar-refractivity contribution is 0.102. The van der Waals surface area contributed by atoms with E-state index in [1.165, 1.54) is 41.0 Å². The van der Waals surface area contributed by atoms with Gasteiger partial charge in [-0.05, 0) is 59.0 Å². The second-order valence-electron chi connectivity index (χ2n) is 6.95. The number of anilines is 1. The van der Waals surface area contributed by atoms with Gasteiger partial charge in [0.25, 0.3) is 5.91 Å². The normalized spacial score (nSPS) is 12.3. The Morgan fingerprint density at radius 3 is 2.76 bits per heavy atom. The van der Waals surface area contributed by atoms with Crippen molar-refractivity contribution in [2.45, 2.75) is 12.8 Å². The predicted octanol–water partition coefficient (Wildman–Crippen LogP) is 5.46. The summed E-state index contributed by atoms with van der Waals surface area (Å²) in [6.45, 7) is 0. The van der Waals surface area contributed by atoms with E-state index >= 15 is 0 Å². The van der Waals surface area contributed by atoms with Crippen LogP contribution in [0.15, 0.2) is 53.9 Å². The molecule has 0 atom stereocenters. The number of methoxy groups -OCH3 is 1. The number of carbonyl (C=O) groups is 1. The lowest BCUT2D eigenvalue weighted by Gasteiger charge is -2.08. The maximum absolute atomic E-state index is 14.0. The third kappa shape index (κ3) is 3.06. The molecular formula is C23H17FN2O2S. The van der Waals surface area contributed by atoms with Gasteiger partial charge in [-0.25, -0.2) is 9.37 Å². The first-order valence-electron chi connectivity index (χ1n) is 9.28. The van der Waals surface area contributed by atoms with Crippen molar-refractivity contribution in [1.29, 1.82) is 0 Å². The summed E-state index contributed by atoms with van der Waals surface area (Å²) in [6, 6.07) is 14.7. The zero-order valence-corrected chi connectivity index (χ0v) is 16.5. The first-order chi connectivity index (χ1) is 14.1. The number of aromatic nitrogens is 1. The predicted molar refractivity (Wildman–Crippen MR) is 113 cm³/mol. The van der Waals surface area contributed by atoms with E-state index in [0.717, 1.165) is 18.2 Å². The van der Waals surface area contributed by atoms with Crippen LogP contribution in [-0.4, -0.2) is 18.0 Å². The largest absolute Gasteiger partial charge is 0.494 e. The average molecular weight is 404 g/mol. The first kappa shape index (κ1) is 17.8. The molecule has 0 aliphatic heterocycles. The van der Waals surface area contributed by atoms with Crippen LogP contribution in [0.4, 0.5) is 9.52 Å². The number of nitrogens with one attached hydrogen (secondary N) is 1. The van der Waals surface area contributed by atoms with E-state index in [-0.39, 0.29) is 11.7 Å². The maximum Gasteiger partial charge on any atom is 0.258 e. The van der Waals surface area contributed by atoms with Crippen molar-refractivity contribution in [2.24, 2.45) is 0 Å². The zero-order valence-electron chi connectivity index (χ0n) is 15.7. The van der Waals surface area contributed by atoms with Crippen LogP contribution in [0.2, 0.25) is 0 Å². The van der Waals surface area contributed by atoms with Crippen LogP contribution in [0, 0.1) is 5.82 Å². The second-order valence-corrected chi connectivity index (χ2v) is 7.81. The smallest absolute Gasteiger partial charge is 0.258 e. The van der Waals surface area contributed by atoms with Gasteiger partial charge in [-0.3, -0.25) is 10.1 Å². The molecule has 1 aromatic heterocycles. The summed E-state index contributed by atoms with van der Waals surface area (Å²) in [5.41, 5.74) is 4.47. The van der Waals surface area contributed by atoms with Gasteiger partial charge in [0, 0.05) is 16.5 Å². The fraction of sp³-hybridized carbons (Fsp3) is 0.130. The van der Waals surface area contributed by atoms with Crippen LogP contribution >= 0.6 is 11.3 Å². The molecule has 1 N–H and O–H groups in total. The minimum absolute atomic E-state index is 0.185. The van der Waals surface area contributed by atoms with Gasteiger partial charge in [0.2, 0.25) is 0 Å². The van der Waals surface area contributed by atoms with Crippen LogP contribution in [0.25, 0.3) is 22.0 Å². The van der Waals surface area contributed by atoms with E-state index in [4.69, 9.17) is 4.74 Å². The molecular weight excluding hydrogens is 387 g/mol. The van der Waals surface area contributed by atoms with Crippen molar-refractivity contribution >= 4 is 33.1 Å². The fourth-order valence-electron chi connectivity index (χ4n) is 3.90. The number of nitrogens with zero attached hydrogens (tertiary/aromatic N) is 1. The molecule has 1 aliphatic carbocycles. The summed E-state index contributed by atoms with van der Waals surface area (Å²) in [6.07, 6.45) is 2.04. The average Bonchev–Trinajstić information content (AvgIpc) is 3.37. The summed E-state index contributed by atoms with van der Waals surface area (Å²) < 4.78 is 18.9. The lowest BCUT2D eigenvalue weighted by atomic mass is 9.99. The molecule has 5 rings (SSSR count). The Bertz CT molecular complexity index is 1250. The highest BCUT2D eigenvalue weighted by atomic mass is 32.1. The topological polar surface area (TPSA) is 51.2 Å². The SMILES string of the molecule is COc1ccc(-c2csc(NC(=O)c3ccc4c5c(cccc35)CC4)n2)cc1F. The van der Waals surface area contributed by atoms with E-state index in [1.54, 1.807) is 17.5 Å². The fourth-order valence-corrected chi connectivity index (χ4v) is 4.61. The first-order valence-corrected chi connectivity index (χ1v) is 10.2. The zero-order chi connectivity index (χ0) is 20.0. The molecule has 3 aromatic carbocycles. The number of amides is 1. The quantitative estimate of drug-likeness (QED) is 0.491. The molecule has 0 saturated heterocycles. The van der Waals surface area contributed by atoms with Crippen LogP contribution in [0.5, 0.6) is 5.75 Å². The summed E-state index contributed by atoms with van der Waals surface area (Å²) in [7, 11) is 1.43. The highest BCUT2D eigenvalue weighted by Crippen LogP contribution is 2.33. The number of hydrogen-bond acceptors (Lipinski definition) is 4. The van der Waals surface area contributed by atoms with E-state index < -0.39 is 5.82 Å². The molecule has 0 unspecified atom stereocenters. The molecule has 1 aliphatic rings. The number of thiazole rings is 1. The Kier molecular flexibility index (Phi) is 4.28. The summed E-state index contributed by atoms with van der Waals surface area (Å²) in [5.74, 6) is -0.455. The third-order valence-electron chi connectivity index (χ3n) is 5.29. The molecule has 0 bridgehead atoms. The molecule has 144 valence electrons.